The molecule has 0 atom stereocenters. The van der Waals surface area contributed by atoms with Crippen LogP contribution in [0.3, 0.4) is 0 Å². The van der Waals surface area contributed by atoms with Gasteiger partial charge >= 0.3 is 0 Å². The van der Waals surface area contributed by atoms with E-state index in [4.69, 9.17) is 4.74 Å². The minimum Gasteiger partial charge on any atom is -0.492 e. The van der Waals surface area contributed by atoms with Gasteiger partial charge < -0.3 is 10.1 Å². The van der Waals surface area contributed by atoms with Crippen molar-refractivity contribution in [2.75, 3.05) is 19.7 Å². The summed E-state index contributed by atoms with van der Waals surface area (Å²) in [7, 11) is 0. The summed E-state index contributed by atoms with van der Waals surface area (Å²) < 4.78 is 5.76. The summed E-state index contributed by atoms with van der Waals surface area (Å²) in [5, 5.41) is 3.39. The van der Waals surface area contributed by atoms with Crippen LogP contribution in [0.5, 0.6) is 5.75 Å². The molecule has 3 heteroatoms. The lowest BCUT2D eigenvalue weighted by atomic mass is 9.97. The zero-order valence-corrected chi connectivity index (χ0v) is 11.3. The van der Waals surface area contributed by atoms with Crippen LogP contribution in [0.4, 0.5) is 0 Å². The first-order valence-corrected chi connectivity index (χ1v) is 7.37. The maximum absolute atomic E-state index is 5.76. The number of aromatic nitrogens is 1. The third-order valence-corrected chi connectivity index (χ3v) is 3.86. The number of pyridine rings is 1. The van der Waals surface area contributed by atoms with Gasteiger partial charge in [-0.05, 0) is 62.2 Å². The van der Waals surface area contributed by atoms with E-state index in [1.54, 1.807) is 0 Å². The van der Waals surface area contributed by atoms with E-state index < -0.39 is 0 Å². The maximum atomic E-state index is 5.76. The van der Waals surface area contributed by atoms with E-state index in [1.165, 1.54) is 25.7 Å². The summed E-state index contributed by atoms with van der Waals surface area (Å²) in [5.41, 5.74) is 1.15. The van der Waals surface area contributed by atoms with Gasteiger partial charge in [0.2, 0.25) is 0 Å². The van der Waals surface area contributed by atoms with Gasteiger partial charge in [-0.3, -0.25) is 4.98 Å². The van der Waals surface area contributed by atoms with Crippen LogP contribution in [0, 0.1) is 11.8 Å². The van der Waals surface area contributed by atoms with Gasteiger partial charge in [0.1, 0.15) is 5.75 Å². The van der Waals surface area contributed by atoms with Crippen molar-refractivity contribution in [1.82, 2.24) is 10.3 Å². The number of nitrogens with zero attached hydrogens (tertiary/aromatic N) is 1. The van der Waals surface area contributed by atoms with E-state index in [-0.39, 0.29) is 0 Å². The van der Waals surface area contributed by atoms with E-state index in [2.05, 4.69) is 28.5 Å². The average molecular weight is 258 g/mol. The van der Waals surface area contributed by atoms with Crippen LogP contribution in [0.25, 0.3) is 6.08 Å². The van der Waals surface area contributed by atoms with Crippen molar-refractivity contribution in [3.05, 3.63) is 30.1 Å². The summed E-state index contributed by atoms with van der Waals surface area (Å²) in [4.78, 5) is 4.26. The van der Waals surface area contributed by atoms with Crippen LogP contribution in [0.15, 0.2) is 24.5 Å². The topological polar surface area (TPSA) is 34.2 Å². The van der Waals surface area contributed by atoms with Crippen LogP contribution in [-0.4, -0.2) is 24.7 Å². The number of rotatable bonds is 5. The molecule has 1 aliphatic carbocycles. The number of hydrogen-bond acceptors (Lipinski definition) is 3. The first kappa shape index (κ1) is 12.7. The molecular weight excluding hydrogens is 236 g/mol. The summed E-state index contributed by atoms with van der Waals surface area (Å²) in [6.45, 7) is 3.12. The Hall–Kier alpha value is -1.35. The Morgan fingerprint density at radius 3 is 2.84 bits per heavy atom. The van der Waals surface area contributed by atoms with Crippen molar-refractivity contribution < 1.29 is 4.74 Å². The monoisotopic (exact) mass is 258 g/mol. The molecule has 1 aromatic rings. The molecule has 1 aliphatic heterocycles. The second kappa shape index (κ2) is 6.20. The summed E-state index contributed by atoms with van der Waals surface area (Å²) in [5.74, 6) is 2.39. The van der Waals surface area contributed by atoms with Gasteiger partial charge in [-0.25, -0.2) is 0 Å². The minimum absolute atomic E-state index is 0.706. The van der Waals surface area contributed by atoms with Gasteiger partial charge in [0.05, 0.1) is 12.8 Å². The van der Waals surface area contributed by atoms with E-state index in [0.717, 1.165) is 36.9 Å². The third-order valence-electron chi connectivity index (χ3n) is 3.86. The lowest BCUT2D eigenvalue weighted by molar-refractivity contribution is 0.298. The Labute approximate surface area is 115 Å². The van der Waals surface area contributed by atoms with Gasteiger partial charge in [-0.2, -0.15) is 0 Å². The Morgan fingerprint density at radius 2 is 2.05 bits per heavy atom. The molecule has 2 aliphatic rings. The molecule has 1 aromatic heterocycles. The molecule has 19 heavy (non-hydrogen) atoms. The molecule has 0 bridgehead atoms. The average Bonchev–Trinajstić information content (AvgIpc) is 3.29. The summed E-state index contributed by atoms with van der Waals surface area (Å²) >= 11 is 0. The molecule has 0 aromatic carbocycles. The highest BCUT2D eigenvalue weighted by Crippen LogP contribution is 2.29. The van der Waals surface area contributed by atoms with Crippen molar-refractivity contribution in [2.24, 2.45) is 11.8 Å². The number of nitrogens with one attached hydrogen (secondary N) is 1. The largest absolute Gasteiger partial charge is 0.492 e. The van der Waals surface area contributed by atoms with Gasteiger partial charge in [-0.15, -0.1) is 0 Å². The molecule has 2 heterocycles. The number of piperidine rings is 1. The smallest absolute Gasteiger partial charge is 0.138 e. The molecule has 0 amide bonds. The van der Waals surface area contributed by atoms with Crippen LogP contribution < -0.4 is 10.1 Å². The highest BCUT2D eigenvalue weighted by atomic mass is 16.5. The molecule has 1 saturated carbocycles. The number of ether oxygens (including phenoxy) is 1. The fourth-order valence-electron chi connectivity index (χ4n) is 2.39. The summed E-state index contributed by atoms with van der Waals surface area (Å²) in [6.07, 6.45) is 13.3. The zero-order valence-electron chi connectivity index (χ0n) is 11.3. The molecule has 1 N–H and O–H groups in total. The third kappa shape index (κ3) is 4.06. The molecule has 3 rings (SSSR count). The lowest BCUT2D eigenvalue weighted by Crippen LogP contribution is -2.26. The van der Waals surface area contributed by atoms with Crippen LogP contribution in [0.2, 0.25) is 0 Å². The van der Waals surface area contributed by atoms with Crippen molar-refractivity contribution >= 4 is 6.08 Å². The predicted molar refractivity (Wildman–Crippen MR) is 77.1 cm³/mol. The Kier molecular flexibility index (Phi) is 4.13. The normalized spacial score (nSPS) is 20.8. The second-order valence-corrected chi connectivity index (χ2v) is 5.65. The molecule has 102 valence electrons. The van der Waals surface area contributed by atoms with Crippen LogP contribution in [0.1, 0.15) is 31.2 Å². The maximum Gasteiger partial charge on any atom is 0.138 e. The van der Waals surface area contributed by atoms with Crippen LogP contribution in [-0.2, 0) is 0 Å². The molecule has 0 spiro atoms. The van der Waals surface area contributed by atoms with Crippen LogP contribution >= 0.6 is 0 Å². The van der Waals surface area contributed by atoms with Crippen molar-refractivity contribution in [3.8, 4) is 5.75 Å². The highest BCUT2D eigenvalue weighted by molar-refractivity contribution is 5.50. The Morgan fingerprint density at radius 1 is 1.21 bits per heavy atom. The van der Waals surface area contributed by atoms with E-state index in [1.807, 2.05) is 12.4 Å². The molecular formula is C16H22N2O. The van der Waals surface area contributed by atoms with E-state index in [0.29, 0.717) is 5.92 Å². The van der Waals surface area contributed by atoms with Crippen molar-refractivity contribution in [2.45, 2.75) is 25.7 Å². The fourth-order valence-corrected chi connectivity index (χ4v) is 2.39. The van der Waals surface area contributed by atoms with Gasteiger partial charge in [-0.1, -0.05) is 12.2 Å². The van der Waals surface area contributed by atoms with Gasteiger partial charge in [0, 0.05) is 6.20 Å². The first-order chi connectivity index (χ1) is 9.40. The molecule has 0 radical (unpaired) electrons. The van der Waals surface area contributed by atoms with Gasteiger partial charge in [0.15, 0.2) is 0 Å². The number of hydrogen-bond donors (Lipinski definition) is 1. The lowest BCUT2D eigenvalue weighted by Gasteiger charge is -2.19. The molecule has 2 fully saturated rings. The Bertz CT molecular complexity index is 434. The standard InChI is InChI=1S/C16H22N2O/c1(13-5-7-17-8-6-13)4-15-9-16(11-18-10-15)19-12-14-2-3-14/h1,4,9-11,13-14,17H,2-3,5-8,12H2/b4-1+. The summed E-state index contributed by atoms with van der Waals surface area (Å²) in [6, 6.07) is 2.09. The minimum atomic E-state index is 0.706. The molecule has 3 nitrogen and oxygen atoms in total. The highest BCUT2D eigenvalue weighted by Gasteiger charge is 2.21. The first-order valence-electron chi connectivity index (χ1n) is 7.37. The second-order valence-electron chi connectivity index (χ2n) is 5.65. The predicted octanol–water partition coefficient (Wildman–Crippen LogP) is 2.88. The molecule has 1 saturated heterocycles. The Balaban J connectivity index is 1.56. The SMILES string of the molecule is C(=C\C1CCNCC1)/c1cncc(OCC2CC2)c1. The zero-order chi connectivity index (χ0) is 12.9. The van der Waals surface area contributed by atoms with Crippen molar-refractivity contribution in [1.29, 1.82) is 0 Å². The van der Waals surface area contributed by atoms with Gasteiger partial charge in [0.25, 0.3) is 0 Å². The van der Waals surface area contributed by atoms with E-state index in [9.17, 15) is 0 Å². The van der Waals surface area contributed by atoms with E-state index >= 15 is 0 Å². The molecule has 0 unspecified atom stereocenters. The van der Waals surface area contributed by atoms with Crippen molar-refractivity contribution in [3.63, 3.8) is 0 Å². The number of allylic oxidation sites excluding steroid dienone is 1. The fraction of sp³-hybridized carbons (Fsp3) is 0.562. The quantitative estimate of drug-likeness (QED) is 0.882.